The summed E-state index contributed by atoms with van der Waals surface area (Å²) >= 11 is 0. The lowest BCUT2D eigenvalue weighted by atomic mass is 10.2. The van der Waals surface area contributed by atoms with E-state index in [9.17, 15) is 8.42 Å². The fourth-order valence-electron chi connectivity index (χ4n) is 1.94. The Morgan fingerprint density at radius 1 is 1.14 bits per heavy atom. The van der Waals surface area contributed by atoms with Gasteiger partial charge in [0.1, 0.15) is 5.75 Å². The summed E-state index contributed by atoms with van der Waals surface area (Å²) in [5.74, 6) is 0.370. The Bertz CT molecular complexity index is 714. The van der Waals surface area contributed by atoms with Crippen molar-refractivity contribution < 1.29 is 13.2 Å². The molecule has 0 spiro atoms. The Hall–Kier alpha value is -2.21. The number of nitrogens with one attached hydrogen (secondary N) is 1. The number of nitrogens with two attached hydrogens (primary N) is 1. The van der Waals surface area contributed by atoms with Crippen LogP contribution in [0.2, 0.25) is 0 Å². The molecule has 0 aliphatic carbocycles. The van der Waals surface area contributed by atoms with Gasteiger partial charge in [0.2, 0.25) is 10.0 Å². The Morgan fingerprint density at radius 3 is 2.62 bits per heavy atom. The molecular weight excluding hydrogens is 288 g/mol. The van der Waals surface area contributed by atoms with Crippen LogP contribution in [0.4, 0.5) is 11.4 Å². The van der Waals surface area contributed by atoms with E-state index in [-0.39, 0.29) is 5.75 Å². The molecule has 0 unspecified atom stereocenters. The summed E-state index contributed by atoms with van der Waals surface area (Å²) in [5.41, 5.74) is 7.27. The van der Waals surface area contributed by atoms with Crippen LogP contribution in [0.5, 0.6) is 5.75 Å². The van der Waals surface area contributed by atoms with Gasteiger partial charge in [-0.05, 0) is 36.8 Å². The monoisotopic (exact) mass is 306 g/mol. The second kappa shape index (κ2) is 6.49. The Morgan fingerprint density at radius 2 is 1.90 bits per heavy atom. The first kappa shape index (κ1) is 15.2. The number of hydrogen-bond acceptors (Lipinski definition) is 4. The Balaban J connectivity index is 2.18. The third-order valence-electron chi connectivity index (χ3n) is 2.76. The predicted molar refractivity (Wildman–Crippen MR) is 84.7 cm³/mol. The van der Waals surface area contributed by atoms with Crippen LogP contribution in [-0.4, -0.2) is 15.0 Å². The fourth-order valence-corrected chi connectivity index (χ4v) is 3.13. The van der Waals surface area contributed by atoms with Crippen LogP contribution in [-0.2, 0) is 15.8 Å². The van der Waals surface area contributed by atoms with E-state index in [1.807, 2.05) is 6.92 Å². The molecule has 0 heterocycles. The second-order valence-electron chi connectivity index (χ2n) is 4.54. The highest BCUT2D eigenvalue weighted by Crippen LogP contribution is 2.25. The molecule has 0 fully saturated rings. The molecule has 0 bridgehead atoms. The minimum atomic E-state index is -3.53. The number of anilines is 2. The van der Waals surface area contributed by atoms with Crippen LogP contribution < -0.4 is 15.2 Å². The van der Waals surface area contributed by atoms with Crippen LogP contribution in [0, 0.1) is 0 Å². The number of sulfonamides is 1. The largest absolute Gasteiger partial charge is 0.492 e. The zero-order valence-electron chi connectivity index (χ0n) is 11.7. The molecule has 0 aliphatic heterocycles. The van der Waals surface area contributed by atoms with Gasteiger partial charge in [0, 0.05) is 5.69 Å². The van der Waals surface area contributed by atoms with Gasteiger partial charge in [0.15, 0.2) is 0 Å². The van der Waals surface area contributed by atoms with E-state index in [4.69, 9.17) is 10.5 Å². The quantitative estimate of drug-likeness (QED) is 0.804. The maximum Gasteiger partial charge on any atom is 0.237 e. The molecule has 0 aliphatic rings. The fraction of sp³-hybridized carbons (Fsp3) is 0.200. The molecular formula is C15H18N2O3S. The van der Waals surface area contributed by atoms with E-state index in [0.29, 0.717) is 29.3 Å². The zero-order valence-corrected chi connectivity index (χ0v) is 12.6. The van der Waals surface area contributed by atoms with Gasteiger partial charge in [0.05, 0.1) is 18.0 Å². The number of hydrogen-bond donors (Lipinski definition) is 2. The molecule has 2 aromatic carbocycles. The normalized spacial score (nSPS) is 11.1. The molecule has 0 saturated heterocycles. The van der Waals surface area contributed by atoms with Crippen LogP contribution in [0.1, 0.15) is 12.5 Å². The first-order chi connectivity index (χ1) is 10.00. The van der Waals surface area contributed by atoms with E-state index in [1.54, 1.807) is 48.5 Å². The molecule has 6 heteroatoms. The molecule has 2 rings (SSSR count). The van der Waals surface area contributed by atoms with Crippen molar-refractivity contribution in [2.24, 2.45) is 0 Å². The zero-order chi connectivity index (χ0) is 15.3. The maximum absolute atomic E-state index is 12.2. The minimum Gasteiger partial charge on any atom is -0.492 e. The van der Waals surface area contributed by atoms with Crippen molar-refractivity contribution >= 4 is 21.4 Å². The van der Waals surface area contributed by atoms with Gasteiger partial charge in [-0.15, -0.1) is 0 Å². The molecule has 0 radical (unpaired) electrons. The number of benzene rings is 2. The standard InChI is InChI=1S/C15H18N2O3S/c1-2-20-15-9-4-3-8-14(15)17-21(18,19)11-12-6-5-7-13(16)10-12/h3-10,17H,2,11,16H2,1H3. The summed E-state index contributed by atoms with van der Waals surface area (Å²) < 4.78 is 32.4. The third-order valence-corrected chi connectivity index (χ3v) is 4.00. The summed E-state index contributed by atoms with van der Waals surface area (Å²) in [7, 11) is -3.53. The van der Waals surface area contributed by atoms with E-state index in [1.165, 1.54) is 0 Å². The van der Waals surface area contributed by atoms with Gasteiger partial charge >= 0.3 is 0 Å². The highest BCUT2D eigenvalue weighted by atomic mass is 32.2. The van der Waals surface area contributed by atoms with E-state index in [2.05, 4.69) is 4.72 Å². The first-order valence-corrected chi connectivity index (χ1v) is 8.22. The lowest BCUT2D eigenvalue weighted by Gasteiger charge is -2.12. The minimum absolute atomic E-state index is 0.140. The van der Waals surface area contributed by atoms with Crippen LogP contribution >= 0.6 is 0 Å². The van der Waals surface area contributed by atoms with Gasteiger partial charge in [-0.25, -0.2) is 8.42 Å². The van der Waals surface area contributed by atoms with E-state index in [0.717, 1.165) is 0 Å². The van der Waals surface area contributed by atoms with Gasteiger partial charge in [0.25, 0.3) is 0 Å². The summed E-state index contributed by atoms with van der Waals surface area (Å²) in [6, 6.07) is 13.8. The Kier molecular flexibility index (Phi) is 4.70. The average Bonchev–Trinajstić information content (AvgIpc) is 2.40. The summed E-state index contributed by atoms with van der Waals surface area (Å²) in [4.78, 5) is 0. The average molecular weight is 306 g/mol. The van der Waals surface area contributed by atoms with Crippen molar-refractivity contribution in [1.82, 2.24) is 0 Å². The van der Waals surface area contributed by atoms with Gasteiger partial charge in [-0.3, -0.25) is 4.72 Å². The van der Waals surface area contributed by atoms with Gasteiger partial charge in [-0.1, -0.05) is 24.3 Å². The lowest BCUT2D eigenvalue weighted by molar-refractivity contribution is 0.342. The van der Waals surface area contributed by atoms with Gasteiger partial charge in [-0.2, -0.15) is 0 Å². The molecule has 0 aromatic heterocycles. The van der Waals surface area contributed by atoms with E-state index < -0.39 is 10.0 Å². The van der Waals surface area contributed by atoms with E-state index >= 15 is 0 Å². The van der Waals surface area contributed by atoms with Crippen LogP contribution in [0.15, 0.2) is 48.5 Å². The highest BCUT2D eigenvalue weighted by Gasteiger charge is 2.14. The maximum atomic E-state index is 12.2. The first-order valence-electron chi connectivity index (χ1n) is 6.57. The topological polar surface area (TPSA) is 81.4 Å². The van der Waals surface area contributed by atoms with Crippen molar-refractivity contribution in [3.63, 3.8) is 0 Å². The molecule has 5 nitrogen and oxygen atoms in total. The third kappa shape index (κ3) is 4.39. The number of nitrogen functional groups attached to an aromatic ring is 1. The van der Waals surface area contributed by atoms with Crippen molar-refractivity contribution in [2.45, 2.75) is 12.7 Å². The highest BCUT2D eigenvalue weighted by molar-refractivity contribution is 7.91. The molecule has 112 valence electrons. The summed E-state index contributed by atoms with van der Waals surface area (Å²) in [5, 5.41) is 0. The van der Waals surface area contributed by atoms with Crippen molar-refractivity contribution in [1.29, 1.82) is 0 Å². The summed E-state index contributed by atoms with van der Waals surface area (Å²) in [6.07, 6.45) is 0. The second-order valence-corrected chi connectivity index (χ2v) is 6.26. The molecule has 0 saturated carbocycles. The predicted octanol–water partition coefficient (Wildman–Crippen LogP) is 2.61. The van der Waals surface area contributed by atoms with Crippen LogP contribution in [0.25, 0.3) is 0 Å². The SMILES string of the molecule is CCOc1ccccc1NS(=O)(=O)Cc1cccc(N)c1. The summed E-state index contributed by atoms with van der Waals surface area (Å²) in [6.45, 7) is 2.31. The van der Waals surface area contributed by atoms with Crippen molar-refractivity contribution in [3.8, 4) is 5.75 Å². The van der Waals surface area contributed by atoms with Crippen molar-refractivity contribution in [3.05, 3.63) is 54.1 Å². The molecule has 0 atom stereocenters. The smallest absolute Gasteiger partial charge is 0.237 e. The Labute approximate surface area is 124 Å². The van der Waals surface area contributed by atoms with Gasteiger partial charge < -0.3 is 10.5 Å². The number of ether oxygens (including phenoxy) is 1. The lowest BCUT2D eigenvalue weighted by Crippen LogP contribution is -2.16. The molecule has 21 heavy (non-hydrogen) atoms. The van der Waals surface area contributed by atoms with Crippen LogP contribution in [0.3, 0.4) is 0 Å². The number of para-hydroxylation sites is 2. The number of rotatable bonds is 6. The molecule has 0 amide bonds. The molecule has 2 aromatic rings. The molecule has 3 N–H and O–H groups in total. The van der Waals surface area contributed by atoms with Crippen molar-refractivity contribution in [2.75, 3.05) is 17.1 Å².